The fourth-order valence-corrected chi connectivity index (χ4v) is 6.91. The first kappa shape index (κ1) is 14.0. The largest absolute Gasteiger partial charge is 0.399 e. The van der Waals surface area contributed by atoms with E-state index in [1.807, 2.05) is 11.8 Å². The van der Waals surface area contributed by atoms with Crippen LogP contribution >= 0.6 is 11.8 Å². The highest BCUT2D eigenvalue weighted by atomic mass is 32.2. The summed E-state index contributed by atoms with van der Waals surface area (Å²) in [5.41, 5.74) is 8.77. The molecule has 0 aliphatic heterocycles. The summed E-state index contributed by atoms with van der Waals surface area (Å²) < 4.78 is 0. The highest BCUT2D eigenvalue weighted by molar-refractivity contribution is 7.99. The van der Waals surface area contributed by atoms with E-state index in [0.29, 0.717) is 0 Å². The third-order valence-corrected chi connectivity index (χ3v) is 7.30. The number of aryl methyl sites for hydroxylation is 1. The van der Waals surface area contributed by atoms with Gasteiger partial charge < -0.3 is 5.73 Å². The molecular formula is C19H27NS. The van der Waals surface area contributed by atoms with Crippen LogP contribution in [-0.4, -0.2) is 5.75 Å². The van der Waals surface area contributed by atoms with Gasteiger partial charge in [-0.1, -0.05) is 0 Å². The zero-order chi connectivity index (χ0) is 14.4. The van der Waals surface area contributed by atoms with Gasteiger partial charge in [0.2, 0.25) is 0 Å². The maximum atomic E-state index is 5.91. The maximum absolute atomic E-state index is 5.91. The second-order valence-corrected chi connectivity index (χ2v) is 9.20. The van der Waals surface area contributed by atoms with Crippen molar-refractivity contribution < 1.29 is 0 Å². The van der Waals surface area contributed by atoms with E-state index in [2.05, 4.69) is 25.1 Å². The number of nitrogen functional groups attached to an aromatic ring is 1. The third kappa shape index (κ3) is 2.72. The normalized spacial score (nSPS) is 37.1. The number of anilines is 1. The minimum atomic E-state index is 0.727. The van der Waals surface area contributed by atoms with Gasteiger partial charge in [0.15, 0.2) is 0 Å². The summed E-state index contributed by atoms with van der Waals surface area (Å²) in [4.78, 5) is 1.39. The van der Waals surface area contributed by atoms with E-state index < -0.39 is 0 Å². The Hall–Kier alpha value is -0.630. The second-order valence-electron chi connectivity index (χ2n) is 8.03. The van der Waals surface area contributed by atoms with Crippen molar-refractivity contribution in [1.82, 2.24) is 0 Å². The molecule has 0 aromatic heterocycles. The Morgan fingerprint density at radius 1 is 1.10 bits per heavy atom. The molecule has 0 amide bonds. The van der Waals surface area contributed by atoms with Crippen LogP contribution < -0.4 is 5.73 Å². The standard InChI is InChI=1S/C19H27NS/c1-13-6-17(2-3-18(13)20)21-5-4-19-10-14-7-15(11-19)9-16(8-14)12-19/h2-3,6,14-16H,4-5,7-12,20H2,1H3. The molecule has 1 aromatic rings. The lowest BCUT2D eigenvalue weighted by Gasteiger charge is -2.57. The first-order valence-electron chi connectivity index (χ1n) is 8.61. The summed E-state index contributed by atoms with van der Waals surface area (Å²) >= 11 is 2.04. The van der Waals surface area contributed by atoms with Crippen LogP contribution in [0.25, 0.3) is 0 Å². The molecule has 0 atom stereocenters. The van der Waals surface area contributed by atoms with Gasteiger partial charge in [-0.25, -0.2) is 0 Å². The number of nitrogens with two attached hydrogens (primary N) is 1. The van der Waals surface area contributed by atoms with Crippen molar-refractivity contribution in [1.29, 1.82) is 0 Å². The van der Waals surface area contributed by atoms with E-state index in [0.717, 1.165) is 28.9 Å². The van der Waals surface area contributed by atoms with Crippen molar-refractivity contribution in [3.05, 3.63) is 23.8 Å². The van der Waals surface area contributed by atoms with E-state index in [1.54, 1.807) is 38.5 Å². The average molecular weight is 301 g/mol. The van der Waals surface area contributed by atoms with Crippen molar-refractivity contribution in [3.63, 3.8) is 0 Å². The minimum absolute atomic E-state index is 0.727. The molecule has 4 aliphatic carbocycles. The van der Waals surface area contributed by atoms with Gasteiger partial charge in [0.25, 0.3) is 0 Å². The van der Waals surface area contributed by atoms with Crippen LogP contribution in [0, 0.1) is 30.1 Å². The third-order valence-electron chi connectivity index (χ3n) is 6.31. The summed E-state index contributed by atoms with van der Waals surface area (Å²) in [6.45, 7) is 2.11. The maximum Gasteiger partial charge on any atom is 0.0344 e. The van der Waals surface area contributed by atoms with E-state index >= 15 is 0 Å². The Morgan fingerprint density at radius 3 is 2.29 bits per heavy atom. The van der Waals surface area contributed by atoms with E-state index in [9.17, 15) is 0 Å². The van der Waals surface area contributed by atoms with Crippen molar-refractivity contribution in [2.24, 2.45) is 23.2 Å². The van der Waals surface area contributed by atoms with Crippen LogP contribution in [-0.2, 0) is 0 Å². The molecule has 0 radical (unpaired) electrons. The van der Waals surface area contributed by atoms with Crippen molar-refractivity contribution in [3.8, 4) is 0 Å². The summed E-state index contributed by atoms with van der Waals surface area (Å²) in [7, 11) is 0. The lowest BCUT2D eigenvalue weighted by Crippen LogP contribution is -2.46. The molecule has 0 spiro atoms. The number of hydrogen-bond donors (Lipinski definition) is 1. The molecule has 5 rings (SSSR count). The molecular weight excluding hydrogens is 274 g/mol. The minimum Gasteiger partial charge on any atom is -0.399 e. The van der Waals surface area contributed by atoms with Gasteiger partial charge >= 0.3 is 0 Å². The fourth-order valence-electron chi connectivity index (χ4n) is 5.72. The van der Waals surface area contributed by atoms with Crippen LogP contribution in [0.15, 0.2) is 23.1 Å². The van der Waals surface area contributed by atoms with Gasteiger partial charge in [-0.3, -0.25) is 0 Å². The molecule has 2 heteroatoms. The Morgan fingerprint density at radius 2 is 1.71 bits per heavy atom. The van der Waals surface area contributed by atoms with E-state index in [4.69, 9.17) is 5.73 Å². The topological polar surface area (TPSA) is 26.0 Å². The molecule has 21 heavy (non-hydrogen) atoms. The van der Waals surface area contributed by atoms with Crippen LogP contribution in [0.2, 0.25) is 0 Å². The highest BCUT2D eigenvalue weighted by Crippen LogP contribution is 2.61. The molecule has 4 fully saturated rings. The molecule has 4 saturated carbocycles. The Labute approximate surface area is 133 Å². The molecule has 4 aliphatic rings. The number of hydrogen-bond acceptors (Lipinski definition) is 2. The van der Waals surface area contributed by atoms with Crippen LogP contribution in [0.5, 0.6) is 0 Å². The lowest BCUT2D eigenvalue weighted by atomic mass is 9.49. The van der Waals surface area contributed by atoms with Crippen LogP contribution in [0.1, 0.15) is 50.5 Å². The summed E-state index contributed by atoms with van der Waals surface area (Å²) in [5.74, 6) is 4.54. The van der Waals surface area contributed by atoms with Gasteiger partial charge in [-0.15, -0.1) is 11.8 Å². The van der Waals surface area contributed by atoms with Gasteiger partial charge in [0.05, 0.1) is 0 Å². The Bertz CT molecular complexity index is 501. The van der Waals surface area contributed by atoms with Crippen LogP contribution in [0.4, 0.5) is 5.69 Å². The lowest BCUT2D eigenvalue weighted by molar-refractivity contribution is -0.0538. The smallest absolute Gasteiger partial charge is 0.0344 e. The summed E-state index contributed by atoms with van der Waals surface area (Å²) in [5, 5.41) is 0. The van der Waals surface area contributed by atoms with Crippen molar-refractivity contribution >= 4 is 17.4 Å². The van der Waals surface area contributed by atoms with Gasteiger partial charge in [0.1, 0.15) is 0 Å². The first-order valence-corrected chi connectivity index (χ1v) is 9.59. The number of rotatable bonds is 4. The van der Waals surface area contributed by atoms with Crippen molar-refractivity contribution in [2.75, 3.05) is 11.5 Å². The molecule has 114 valence electrons. The van der Waals surface area contributed by atoms with E-state index in [1.165, 1.54) is 22.6 Å². The number of benzene rings is 1. The zero-order valence-electron chi connectivity index (χ0n) is 13.1. The van der Waals surface area contributed by atoms with Crippen LogP contribution in [0.3, 0.4) is 0 Å². The van der Waals surface area contributed by atoms with Crippen molar-refractivity contribution in [2.45, 2.75) is 56.8 Å². The second kappa shape index (κ2) is 5.22. The van der Waals surface area contributed by atoms with Gasteiger partial charge in [0, 0.05) is 10.6 Å². The summed E-state index contributed by atoms with van der Waals surface area (Å²) in [6.07, 6.45) is 10.7. The predicted octanol–water partition coefficient (Wildman–Crippen LogP) is 5.28. The average Bonchev–Trinajstić information content (AvgIpc) is 2.41. The molecule has 0 heterocycles. The molecule has 1 nitrogen and oxygen atoms in total. The fraction of sp³-hybridized carbons (Fsp3) is 0.684. The van der Waals surface area contributed by atoms with E-state index in [-0.39, 0.29) is 0 Å². The zero-order valence-corrected chi connectivity index (χ0v) is 13.9. The summed E-state index contributed by atoms with van der Waals surface area (Å²) in [6, 6.07) is 6.49. The molecule has 0 saturated heterocycles. The highest BCUT2D eigenvalue weighted by Gasteiger charge is 2.50. The van der Waals surface area contributed by atoms with Gasteiger partial charge in [-0.2, -0.15) is 0 Å². The molecule has 0 unspecified atom stereocenters. The SMILES string of the molecule is Cc1cc(SCCC23CC4CC(CC(C4)C2)C3)ccc1N. The molecule has 1 aromatic carbocycles. The Kier molecular flexibility index (Phi) is 3.48. The quantitative estimate of drug-likeness (QED) is 0.605. The monoisotopic (exact) mass is 301 g/mol. The predicted molar refractivity (Wildman–Crippen MR) is 91.5 cm³/mol. The van der Waals surface area contributed by atoms with Gasteiger partial charge in [-0.05, 0) is 105 Å². The molecule has 2 N–H and O–H groups in total. The Balaban J connectivity index is 1.37. The number of thioether (sulfide) groups is 1. The molecule has 4 bridgehead atoms. The first-order chi connectivity index (χ1) is 10.1.